The molecular weight excluding hydrogens is 166 g/mol. The number of carboxylic acid groups (broad SMARTS) is 1. The minimum Gasteiger partial charge on any atom is -0.481 e. The first-order valence-corrected chi connectivity index (χ1v) is 4.92. The minimum absolute atomic E-state index is 0.124. The van der Waals surface area contributed by atoms with E-state index in [-0.39, 0.29) is 12.5 Å². The van der Waals surface area contributed by atoms with E-state index in [4.69, 9.17) is 5.11 Å². The van der Waals surface area contributed by atoms with Crippen LogP contribution in [-0.2, 0) is 4.79 Å². The molecular formula is C10H21NO2. The summed E-state index contributed by atoms with van der Waals surface area (Å²) in [6.07, 6.45) is 2.50. The maximum atomic E-state index is 10.5. The number of carboxylic acids is 1. The monoisotopic (exact) mass is 187 g/mol. The fourth-order valence-corrected chi connectivity index (χ4v) is 1.45. The topological polar surface area (TPSA) is 40.5 Å². The van der Waals surface area contributed by atoms with Crippen LogP contribution in [0, 0.1) is 0 Å². The quantitative estimate of drug-likeness (QED) is 0.691. The van der Waals surface area contributed by atoms with Gasteiger partial charge in [0, 0.05) is 12.1 Å². The van der Waals surface area contributed by atoms with Crippen molar-refractivity contribution in [3.8, 4) is 0 Å². The van der Waals surface area contributed by atoms with Crippen molar-refractivity contribution in [3.05, 3.63) is 0 Å². The van der Waals surface area contributed by atoms with Crippen LogP contribution in [0.4, 0.5) is 0 Å². The average molecular weight is 187 g/mol. The number of hydrogen-bond donors (Lipinski definition) is 1. The molecule has 0 aromatic heterocycles. The predicted octanol–water partition coefficient (Wildman–Crippen LogP) is 1.97. The van der Waals surface area contributed by atoms with E-state index < -0.39 is 5.97 Å². The molecule has 0 aliphatic heterocycles. The van der Waals surface area contributed by atoms with Crippen LogP contribution >= 0.6 is 0 Å². The second-order valence-electron chi connectivity index (χ2n) is 3.75. The molecule has 0 saturated heterocycles. The summed E-state index contributed by atoms with van der Waals surface area (Å²) in [7, 11) is 1.99. The van der Waals surface area contributed by atoms with Crippen LogP contribution in [0.5, 0.6) is 0 Å². The summed E-state index contributed by atoms with van der Waals surface area (Å²) in [4.78, 5) is 12.6. The zero-order valence-electron chi connectivity index (χ0n) is 9.08. The van der Waals surface area contributed by atoms with E-state index in [1.54, 1.807) is 0 Å². The van der Waals surface area contributed by atoms with Crippen molar-refractivity contribution in [1.82, 2.24) is 4.90 Å². The summed E-state index contributed by atoms with van der Waals surface area (Å²) >= 11 is 0. The van der Waals surface area contributed by atoms with Gasteiger partial charge >= 0.3 is 5.97 Å². The normalized spacial score (nSPS) is 15.8. The summed E-state index contributed by atoms with van der Waals surface area (Å²) in [5.74, 6) is -0.719. The van der Waals surface area contributed by atoms with Gasteiger partial charge in [0.2, 0.25) is 0 Å². The lowest BCUT2D eigenvalue weighted by Crippen LogP contribution is -2.37. The molecule has 0 spiro atoms. The fraction of sp³-hybridized carbons (Fsp3) is 0.900. The number of hydrogen-bond acceptors (Lipinski definition) is 2. The van der Waals surface area contributed by atoms with Gasteiger partial charge in [0.05, 0.1) is 6.42 Å². The molecule has 0 aromatic rings. The Morgan fingerprint density at radius 1 is 1.38 bits per heavy atom. The first kappa shape index (κ1) is 12.4. The van der Waals surface area contributed by atoms with Gasteiger partial charge in [-0.05, 0) is 27.3 Å². The maximum absolute atomic E-state index is 10.5. The van der Waals surface area contributed by atoms with Gasteiger partial charge in [-0.25, -0.2) is 0 Å². The SMILES string of the molecule is CCCC(C)N(C)C(C)CC(=O)O. The van der Waals surface area contributed by atoms with Gasteiger partial charge in [0.25, 0.3) is 0 Å². The van der Waals surface area contributed by atoms with E-state index in [1.165, 1.54) is 0 Å². The minimum atomic E-state index is -0.719. The van der Waals surface area contributed by atoms with Gasteiger partial charge in [-0.15, -0.1) is 0 Å². The fourth-order valence-electron chi connectivity index (χ4n) is 1.45. The van der Waals surface area contributed by atoms with E-state index in [0.717, 1.165) is 12.8 Å². The summed E-state index contributed by atoms with van der Waals surface area (Å²) in [5.41, 5.74) is 0. The van der Waals surface area contributed by atoms with Gasteiger partial charge in [-0.2, -0.15) is 0 Å². The molecule has 0 saturated carbocycles. The third kappa shape index (κ3) is 4.88. The highest BCUT2D eigenvalue weighted by atomic mass is 16.4. The molecule has 1 N–H and O–H groups in total. The summed E-state index contributed by atoms with van der Waals surface area (Å²) in [5, 5.41) is 8.62. The Morgan fingerprint density at radius 2 is 1.92 bits per heavy atom. The van der Waals surface area contributed by atoms with Crippen LogP contribution in [0.1, 0.15) is 40.0 Å². The Kier molecular flexibility index (Phi) is 5.71. The van der Waals surface area contributed by atoms with Crippen molar-refractivity contribution in [1.29, 1.82) is 0 Å². The summed E-state index contributed by atoms with van der Waals surface area (Å²) in [6.45, 7) is 6.24. The Labute approximate surface area is 80.7 Å². The maximum Gasteiger partial charge on any atom is 0.304 e. The number of aliphatic carboxylic acids is 1. The number of carbonyl (C=O) groups is 1. The molecule has 3 heteroatoms. The Hall–Kier alpha value is -0.570. The number of nitrogens with zero attached hydrogens (tertiary/aromatic N) is 1. The second-order valence-corrected chi connectivity index (χ2v) is 3.75. The highest BCUT2D eigenvalue weighted by Crippen LogP contribution is 2.10. The molecule has 0 bridgehead atoms. The van der Waals surface area contributed by atoms with Gasteiger partial charge in [0.15, 0.2) is 0 Å². The zero-order valence-corrected chi connectivity index (χ0v) is 9.08. The van der Waals surface area contributed by atoms with E-state index >= 15 is 0 Å². The highest BCUT2D eigenvalue weighted by Gasteiger charge is 2.17. The van der Waals surface area contributed by atoms with Crippen molar-refractivity contribution >= 4 is 5.97 Å². The smallest absolute Gasteiger partial charge is 0.304 e. The predicted molar refractivity (Wildman–Crippen MR) is 53.8 cm³/mol. The van der Waals surface area contributed by atoms with E-state index in [9.17, 15) is 4.79 Å². The molecule has 78 valence electrons. The van der Waals surface area contributed by atoms with Gasteiger partial charge in [-0.3, -0.25) is 4.79 Å². The van der Waals surface area contributed by atoms with Crippen molar-refractivity contribution in [2.45, 2.75) is 52.1 Å². The lowest BCUT2D eigenvalue weighted by Gasteiger charge is -2.29. The molecule has 0 fully saturated rings. The standard InChI is InChI=1S/C10H21NO2/c1-5-6-8(2)11(4)9(3)7-10(12)13/h8-9H,5-7H2,1-4H3,(H,12,13). The van der Waals surface area contributed by atoms with Crippen LogP contribution in [0.15, 0.2) is 0 Å². The molecule has 2 atom stereocenters. The van der Waals surface area contributed by atoms with Crippen molar-refractivity contribution in [2.24, 2.45) is 0 Å². The third-order valence-electron chi connectivity index (χ3n) is 2.57. The van der Waals surface area contributed by atoms with Gasteiger partial charge in [-0.1, -0.05) is 13.3 Å². The third-order valence-corrected chi connectivity index (χ3v) is 2.57. The Bertz CT molecular complexity index is 159. The van der Waals surface area contributed by atoms with E-state index in [0.29, 0.717) is 6.04 Å². The second kappa shape index (κ2) is 5.97. The van der Waals surface area contributed by atoms with Crippen molar-refractivity contribution < 1.29 is 9.90 Å². The van der Waals surface area contributed by atoms with Crippen molar-refractivity contribution in [2.75, 3.05) is 7.05 Å². The van der Waals surface area contributed by atoms with Crippen molar-refractivity contribution in [3.63, 3.8) is 0 Å². The molecule has 0 aliphatic rings. The molecule has 2 unspecified atom stereocenters. The Morgan fingerprint density at radius 3 is 2.31 bits per heavy atom. The van der Waals surface area contributed by atoms with Crippen LogP contribution < -0.4 is 0 Å². The number of rotatable bonds is 6. The summed E-state index contributed by atoms with van der Waals surface area (Å²) in [6, 6.07) is 0.596. The van der Waals surface area contributed by atoms with E-state index in [1.807, 2.05) is 14.0 Å². The van der Waals surface area contributed by atoms with Crippen LogP contribution in [-0.4, -0.2) is 35.1 Å². The first-order chi connectivity index (χ1) is 5.99. The lowest BCUT2D eigenvalue weighted by atomic mass is 10.1. The first-order valence-electron chi connectivity index (χ1n) is 4.92. The average Bonchev–Trinajstić information content (AvgIpc) is 2.02. The van der Waals surface area contributed by atoms with Crippen LogP contribution in [0.3, 0.4) is 0 Å². The molecule has 0 amide bonds. The lowest BCUT2D eigenvalue weighted by molar-refractivity contribution is -0.138. The van der Waals surface area contributed by atoms with Crippen LogP contribution in [0.2, 0.25) is 0 Å². The molecule has 13 heavy (non-hydrogen) atoms. The molecule has 0 aromatic carbocycles. The van der Waals surface area contributed by atoms with Crippen LogP contribution in [0.25, 0.3) is 0 Å². The largest absolute Gasteiger partial charge is 0.481 e. The van der Waals surface area contributed by atoms with E-state index in [2.05, 4.69) is 18.7 Å². The molecule has 3 nitrogen and oxygen atoms in total. The molecule has 0 radical (unpaired) electrons. The molecule has 0 aliphatic carbocycles. The summed E-state index contributed by atoms with van der Waals surface area (Å²) < 4.78 is 0. The molecule has 0 heterocycles. The van der Waals surface area contributed by atoms with Gasteiger partial charge < -0.3 is 10.0 Å². The molecule has 0 rings (SSSR count). The Balaban J connectivity index is 3.92. The van der Waals surface area contributed by atoms with Gasteiger partial charge in [0.1, 0.15) is 0 Å². The highest BCUT2D eigenvalue weighted by molar-refractivity contribution is 5.67. The zero-order chi connectivity index (χ0) is 10.4.